The van der Waals surface area contributed by atoms with Crippen LogP contribution in [-0.2, 0) is 6.54 Å². The zero-order valence-electron chi connectivity index (χ0n) is 9.59. The quantitative estimate of drug-likeness (QED) is 0.643. The number of carbonyl (C=O) groups is 1. The zero-order valence-corrected chi connectivity index (χ0v) is 9.59. The first-order chi connectivity index (χ1) is 9.08. The number of halogens is 1. The van der Waals surface area contributed by atoms with E-state index in [2.05, 4.69) is 15.5 Å². The highest BCUT2D eigenvalue weighted by atomic mass is 19.1. The lowest BCUT2D eigenvalue weighted by atomic mass is 10.2. The third kappa shape index (κ3) is 2.92. The van der Waals surface area contributed by atoms with Crippen LogP contribution in [0.2, 0.25) is 0 Å². The van der Waals surface area contributed by atoms with Crippen LogP contribution in [0.3, 0.4) is 0 Å². The fourth-order valence-electron chi connectivity index (χ4n) is 1.45. The summed E-state index contributed by atoms with van der Waals surface area (Å²) in [6, 6.07) is 4.65. The van der Waals surface area contributed by atoms with Crippen molar-refractivity contribution in [1.29, 1.82) is 0 Å². The molecule has 7 nitrogen and oxygen atoms in total. The van der Waals surface area contributed by atoms with E-state index in [-0.39, 0.29) is 12.1 Å². The van der Waals surface area contributed by atoms with Crippen molar-refractivity contribution in [3.05, 3.63) is 57.7 Å². The molecule has 2 rings (SSSR count). The largest absolute Gasteiger partial charge is 0.346 e. The highest BCUT2D eigenvalue weighted by Gasteiger charge is 2.17. The van der Waals surface area contributed by atoms with Crippen molar-refractivity contribution in [3.8, 4) is 0 Å². The predicted octanol–water partition coefficient (Wildman–Crippen LogP) is 1.39. The van der Waals surface area contributed by atoms with Crippen molar-refractivity contribution in [2.45, 2.75) is 6.54 Å². The van der Waals surface area contributed by atoms with Crippen molar-refractivity contribution in [3.63, 3.8) is 0 Å². The maximum Gasteiger partial charge on any atom is 0.305 e. The van der Waals surface area contributed by atoms with E-state index in [1.54, 1.807) is 6.07 Å². The molecule has 1 amide bonds. The Balaban J connectivity index is 2.11. The Kier molecular flexibility index (Phi) is 3.51. The number of benzene rings is 1. The second kappa shape index (κ2) is 5.25. The summed E-state index contributed by atoms with van der Waals surface area (Å²) < 4.78 is 13.1. The molecule has 2 N–H and O–H groups in total. The number of aromatic amines is 1. The van der Waals surface area contributed by atoms with Crippen LogP contribution >= 0.6 is 0 Å². The van der Waals surface area contributed by atoms with Crippen LogP contribution in [0.25, 0.3) is 0 Å². The van der Waals surface area contributed by atoms with Gasteiger partial charge in [-0.25, -0.2) is 0 Å². The topological polar surface area (TPSA) is 101 Å². The zero-order chi connectivity index (χ0) is 13.8. The molecule has 0 saturated carbocycles. The summed E-state index contributed by atoms with van der Waals surface area (Å²) in [5.74, 6) is -1.51. The third-order valence-electron chi connectivity index (χ3n) is 2.40. The number of nitro benzene ring substituents is 1. The fraction of sp³-hybridized carbons (Fsp3) is 0.0909. The maximum atomic E-state index is 13.1. The van der Waals surface area contributed by atoms with Gasteiger partial charge in [-0.3, -0.25) is 20.0 Å². The van der Waals surface area contributed by atoms with Gasteiger partial charge in [0.1, 0.15) is 0 Å². The van der Waals surface area contributed by atoms with Gasteiger partial charge < -0.3 is 5.32 Å². The number of nitrogens with zero attached hydrogens (tertiary/aromatic N) is 2. The fourth-order valence-corrected chi connectivity index (χ4v) is 1.45. The van der Waals surface area contributed by atoms with E-state index >= 15 is 0 Å². The number of carbonyl (C=O) groups excluding carboxylic acids is 1. The molecule has 0 radical (unpaired) electrons. The smallest absolute Gasteiger partial charge is 0.305 e. The predicted molar refractivity (Wildman–Crippen MR) is 62.8 cm³/mol. The minimum absolute atomic E-state index is 0.0209. The molecular formula is C11H9FN4O3. The number of amides is 1. The normalized spacial score (nSPS) is 10.2. The van der Waals surface area contributed by atoms with Crippen LogP contribution in [0.4, 0.5) is 10.1 Å². The molecule has 1 heterocycles. The lowest BCUT2D eigenvalue weighted by molar-refractivity contribution is -0.387. The van der Waals surface area contributed by atoms with Gasteiger partial charge in [-0.2, -0.15) is 9.49 Å². The van der Waals surface area contributed by atoms with Gasteiger partial charge in [0, 0.05) is 17.8 Å². The van der Waals surface area contributed by atoms with Crippen LogP contribution < -0.4 is 5.32 Å². The Bertz CT molecular complexity index is 612. The van der Waals surface area contributed by atoms with Crippen molar-refractivity contribution >= 4 is 11.6 Å². The minimum atomic E-state index is -0.977. The Morgan fingerprint density at radius 2 is 2.26 bits per heavy atom. The van der Waals surface area contributed by atoms with E-state index in [9.17, 15) is 19.3 Å². The second-order valence-corrected chi connectivity index (χ2v) is 3.69. The molecule has 98 valence electrons. The highest BCUT2D eigenvalue weighted by molar-refractivity contribution is 5.94. The van der Waals surface area contributed by atoms with E-state index in [4.69, 9.17) is 0 Å². The molecule has 1 aromatic carbocycles. The summed E-state index contributed by atoms with van der Waals surface area (Å²) in [4.78, 5) is 21.4. The van der Waals surface area contributed by atoms with E-state index < -0.39 is 22.3 Å². The van der Waals surface area contributed by atoms with Crippen molar-refractivity contribution < 1.29 is 14.1 Å². The molecule has 2 aromatic rings. The molecule has 0 unspecified atom stereocenters. The van der Waals surface area contributed by atoms with Gasteiger partial charge in [-0.1, -0.05) is 0 Å². The number of H-pyrrole nitrogens is 1. The van der Waals surface area contributed by atoms with E-state index in [0.29, 0.717) is 5.69 Å². The summed E-state index contributed by atoms with van der Waals surface area (Å²) in [7, 11) is 0. The summed E-state index contributed by atoms with van der Waals surface area (Å²) >= 11 is 0. The average molecular weight is 264 g/mol. The van der Waals surface area contributed by atoms with Crippen LogP contribution in [0.1, 0.15) is 16.1 Å². The number of nitro groups is 1. The van der Waals surface area contributed by atoms with Gasteiger partial charge in [0.05, 0.1) is 17.2 Å². The molecule has 0 saturated heterocycles. The molecule has 0 aliphatic heterocycles. The molecule has 0 fully saturated rings. The number of hydrogen-bond acceptors (Lipinski definition) is 4. The number of aromatic nitrogens is 2. The lowest BCUT2D eigenvalue weighted by Crippen LogP contribution is -2.23. The van der Waals surface area contributed by atoms with E-state index in [1.165, 1.54) is 12.3 Å². The molecule has 0 spiro atoms. The lowest BCUT2D eigenvalue weighted by Gasteiger charge is -2.03. The summed E-state index contributed by atoms with van der Waals surface area (Å²) in [6.45, 7) is 0.198. The second-order valence-electron chi connectivity index (χ2n) is 3.69. The molecular weight excluding hydrogens is 255 g/mol. The molecule has 0 atom stereocenters. The Morgan fingerprint density at radius 1 is 1.47 bits per heavy atom. The van der Waals surface area contributed by atoms with Crippen LogP contribution in [0.15, 0.2) is 30.5 Å². The molecule has 8 heteroatoms. The Morgan fingerprint density at radius 3 is 2.89 bits per heavy atom. The average Bonchev–Trinajstić information content (AvgIpc) is 2.89. The number of hydrogen-bond donors (Lipinski definition) is 2. The third-order valence-corrected chi connectivity index (χ3v) is 2.40. The number of nitrogens with one attached hydrogen (secondary N) is 2. The van der Waals surface area contributed by atoms with Crippen molar-refractivity contribution in [1.82, 2.24) is 15.5 Å². The first-order valence-electron chi connectivity index (χ1n) is 5.28. The SMILES string of the molecule is O=C(NCc1ccn[nH]1)c1ccc(F)c([N+](=O)[O-])c1. The van der Waals surface area contributed by atoms with Crippen molar-refractivity contribution in [2.24, 2.45) is 0 Å². The van der Waals surface area contributed by atoms with Crippen molar-refractivity contribution in [2.75, 3.05) is 0 Å². The Hall–Kier alpha value is -2.77. The molecule has 0 aliphatic carbocycles. The molecule has 19 heavy (non-hydrogen) atoms. The first-order valence-corrected chi connectivity index (χ1v) is 5.28. The van der Waals surface area contributed by atoms with Gasteiger partial charge >= 0.3 is 5.69 Å². The molecule has 0 aliphatic rings. The van der Waals surface area contributed by atoms with Gasteiger partial charge in [0.2, 0.25) is 5.82 Å². The van der Waals surface area contributed by atoms with Gasteiger partial charge in [0.15, 0.2) is 0 Å². The molecule has 1 aromatic heterocycles. The standard InChI is InChI=1S/C11H9FN4O3/c12-9-2-1-7(5-10(9)16(18)19)11(17)13-6-8-3-4-14-15-8/h1-5H,6H2,(H,13,17)(H,14,15). The summed E-state index contributed by atoms with van der Waals surface area (Å²) in [5.41, 5.74) is -0.0215. The monoisotopic (exact) mass is 264 g/mol. The Labute approximate surface area is 106 Å². The maximum absolute atomic E-state index is 13.1. The van der Waals surface area contributed by atoms with Gasteiger partial charge in [0.25, 0.3) is 5.91 Å². The van der Waals surface area contributed by atoms with Gasteiger partial charge in [-0.15, -0.1) is 0 Å². The summed E-state index contributed by atoms with van der Waals surface area (Å²) in [5, 5.41) is 19.4. The van der Waals surface area contributed by atoms with Crippen LogP contribution in [0, 0.1) is 15.9 Å². The minimum Gasteiger partial charge on any atom is -0.346 e. The van der Waals surface area contributed by atoms with Crippen LogP contribution in [-0.4, -0.2) is 21.0 Å². The summed E-state index contributed by atoms with van der Waals surface area (Å²) in [6.07, 6.45) is 1.53. The van der Waals surface area contributed by atoms with E-state index in [0.717, 1.165) is 12.1 Å². The van der Waals surface area contributed by atoms with E-state index in [1.807, 2.05) is 0 Å². The molecule has 0 bridgehead atoms. The van der Waals surface area contributed by atoms with Gasteiger partial charge in [-0.05, 0) is 18.2 Å². The highest BCUT2D eigenvalue weighted by Crippen LogP contribution is 2.18. The first kappa shape index (κ1) is 12.7. The number of rotatable bonds is 4. The van der Waals surface area contributed by atoms with Crippen LogP contribution in [0.5, 0.6) is 0 Å².